The third-order valence-electron chi connectivity index (χ3n) is 8.17. The summed E-state index contributed by atoms with van der Waals surface area (Å²) in [7, 11) is 0. The number of Topliss-reactive ketones (excluding diaryl/α,β-unsaturated/α-hetero) is 1. The van der Waals surface area contributed by atoms with Gasteiger partial charge in [0.15, 0.2) is 0 Å². The van der Waals surface area contributed by atoms with Crippen LogP contribution in [0.1, 0.15) is 70.0 Å². The van der Waals surface area contributed by atoms with Crippen molar-refractivity contribution < 1.29 is 38.9 Å². The van der Waals surface area contributed by atoms with E-state index in [0.29, 0.717) is 25.7 Å². The number of aliphatic hydroxyl groups excluding tert-OH is 1. The van der Waals surface area contributed by atoms with Crippen molar-refractivity contribution in [2.75, 3.05) is 6.61 Å². The molecule has 0 amide bonds. The number of aryl methyl sites for hydroxylation is 1. The molecule has 3 rings (SSSR count). The fraction of sp³-hybridized carbons (Fsp3) is 0.567. The number of thiazole rings is 1. The van der Waals surface area contributed by atoms with Crippen molar-refractivity contribution in [2.45, 2.75) is 78.4 Å². The number of esters is 2. The van der Waals surface area contributed by atoms with E-state index in [9.17, 15) is 29.4 Å². The molecule has 1 aromatic heterocycles. The van der Waals surface area contributed by atoms with Crippen molar-refractivity contribution in [3.63, 3.8) is 0 Å². The summed E-state index contributed by atoms with van der Waals surface area (Å²) in [6, 6.07) is 0. The molecule has 6 atom stereocenters. The van der Waals surface area contributed by atoms with Gasteiger partial charge in [-0.1, -0.05) is 26.5 Å². The molecule has 1 unspecified atom stereocenters. The highest BCUT2D eigenvalue weighted by Gasteiger charge is 2.57. The van der Waals surface area contributed by atoms with E-state index in [1.807, 2.05) is 31.4 Å². The van der Waals surface area contributed by atoms with Crippen LogP contribution in [0.5, 0.6) is 0 Å². The second-order valence-electron chi connectivity index (χ2n) is 11.0. The van der Waals surface area contributed by atoms with Crippen molar-refractivity contribution in [1.82, 2.24) is 4.98 Å². The lowest BCUT2D eigenvalue weighted by atomic mass is 9.55. The standard InChI is InChI=1S/C30H39NO8S/c1-6-24(32)38-15-20-8-7-9-22-26(29(36)37)30(5,28(35)18(3)27(22)34)13-12-25(33)39-23(11-10-20)17(2)14-21-16-40-19(4)31-21/h6,10,14,16,18,22-23,26-27,34H,1,7-9,11-13,15H2,2-5H3,(H,36,37)/b17-14+,20-10+/t18-,22-,23+,26?,27-,30+/m1/s1. The Bertz CT molecular complexity index is 1200. The van der Waals surface area contributed by atoms with Gasteiger partial charge in [-0.2, -0.15) is 0 Å². The van der Waals surface area contributed by atoms with Crippen LogP contribution in [0.25, 0.3) is 6.08 Å². The highest BCUT2D eigenvalue weighted by atomic mass is 32.1. The van der Waals surface area contributed by atoms with Gasteiger partial charge >= 0.3 is 17.9 Å². The maximum Gasteiger partial charge on any atom is 0.330 e. The van der Waals surface area contributed by atoms with Gasteiger partial charge in [-0.25, -0.2) is 9.78 Å². The molecule has 0 aromatic carbocycles. The van der Waals surface area contributed by atoms with E-state index in [0.717, 1.165) is 27.9 Å². The van der Waals surface area contributed by atoms with Crippen LogP contribution in [0.2, 0.25) is 0 Å². The lowest BCUT2D eigenvalue weighted by molar-refractivity contribution is -0.173. The lowest BCUT2D eigenvalue weighted by Gasteiger charge is -2.48. The molecule has 2 bridgehead atoms. The highest BCUT2D eigenvalue weighted by Crippen LogP contribution is 2.49. The summed E-state index contributed by atoms with van der Waals surface area (Å²) in [6.07, 6.45) is 4.59. The second-order valence-corrected chi connectivity index (χ2v) is 12.1. The first-order valence-corrected chi connectivity index (χ1v) is 14.5. The van der Waals surface area contributed by atoms with Crippen LogP contribution in [-0.2, 0) is 28.7 Å². The maximum absolute atomic E-state index is 13.4. The SMILES string of the molecule is C=CC(=O)OC/C1=C/C[C@@H](/C(C)=C/c2csc(C)n2)OC(=O)CC[C@]2(C)C(=O)[C@H](C)[C@@H](O)[C@H](CCC1)C2C(=O)O. The predicted molar refractivity (Wildman–Crippen MR) is 150 cm³/mol. The first kappa shape index (κ1) is 31.4. The molecule has 0 spiro atoms. The minimum Gasteiger partial charge on any atom is -0.481 e. The van der Waals surface area contributed by atoms with Crippen LogP contribution in [0.15, 0.2) is 35.3 Å². The molecule has 2 N–H and O–H groups in total. The number of carbonyl (C=O) groups is 4. The van der Waals surface area contributed by atoms with Crippen LogP contribution in [0, 0.1) is 30.1 Å². The van der Waals surface area contributed by atoms with Crippen LogP contribution in [0.4, 0.5) is 0 Å². The summed E-state index contributed by atoms with van der Waals surface area (Å²) in [4.78, 5) is 55.2. The number of carboxylic acid groups (broad SMARTS) is 1. The quantitative estimate of drug-likeness (QED) is 0.282. The number of cyclic esters (lactones) is 1. The first-order valence-electron chi connectivity index (χ1n) is 13.6. The third kappa shape index (κ3) is 7.34. The van der Waals surface area contributed by atoms with Crippen LogP contribution in [-0.4, -0.2) is 57.7 Å². The number of aromatic nitrogens is 1. The fourth-order valence-corrected chi connectivity index (χ4v) is 6.48. The Morgan fingerprint density at radius 2 is 2.05 bits per heavy atom. The molecule has 1 saturated carbocycles. The summed E-state index contributed by atoms with van der Waals surface area (Å²) >= 11 is 1.51. The third-order valence-corrected chi connectivity index (χ3v) is 8.96. The topological polar surface area (TPSA) is 140 Å². The number of carboxylic acids is 1. The van der Waals surface area contributed by atoms with Gasteiger partial charge in [0.05, 0.1) is 22.7 Å². The molecule has 218 valence electrons. The van der Waals surface area contributed by atoms with Crippen molar-refractivity contribution in [2.24, 2.45) is 23.2 Å². The largest absolute Gasteiger partial charge is 0.481 e. The minimum absolute atomic E-state index is 0.00173. The Morgan fingerprint density at radius 3 is 2.67 bits per heavy atom. The zero-order chi connectivity index (χ0) is 29.6. The van der Waals surface area contributed by atoms with Crippen LogP contribution >= 0.6 is 11.3 Å². The van der Waals surface area contributed by atoms with Gasteiger partial charge in [-0.15, -0.1) is 11.3 Å². The number of fused-ring (bicyclic) bond motifs is 2. The molecule has 2 heterocycles. The predicted octanol–water partition coefficient (Wildman–Crippen LogP) is 4.68. The monoisotopic (exact) mass is 573 g/mol. The molecule has 1 aliphatic heterocycles. The minimum atomic E-state index is -1.34. The summed E-state index contributed by atoms with van der Waals surface area (Å²) in [5.41, 5.74) is 0.955. The van der Waals surface area contributed by atoms with Gasteiger partial charge in [0, 0.05) is 35.6 Å². The normalized spacial score (nSPS) is 31.8. The summed E-state index contributed by atoms with van der Waals surface area (Å²) < 4.78 is 11.2. The number of carbonyl (C=O) groups excluding carboxylic acids is 3. The van der Waals surface area contributed by atoms with E-state index in [4.69, 9.17) is 9.47 Å². The number of nitrogens with zero attached hydrogens (tertiary/aromatic N) is 1. The smallest absolute Gasteiger partial charge is 0.330 e. The first-order chi connectivity index (χ1) is 18.9. The number of aliphatic carboxylic acids is 1. The molecule has 0 saturated heterocycles. The number of hydrogen-bond acceptors (Lipinski definition) is 9. The molecule has 40 heavy (non-hydrogen) atoms. The Balaban J connectivity index is 1.99. The molecule has 2 aliphatic rings. The van der Waals surface area contributed by atoms with Gasteiger partial charge in [-0.3, -0.25) is 14.4 Å². The fourth-order valence-electron chi connectivity index (χ4n) is 5.91. The zero-order valence-electron chi connectivity index (χ0n) is 23.6. The van der Waals surface area contributed by atoms with Crippen LogP contribution in [0.3, 0.4) is 0 Å². The van der Waals surface area contributed by atoms with Crippen LogP contribution < -0.4 is 0 Å². The van der Waals surface area contributed by atoms with Crippen molar-refractivity contribution >= 4 is 41.1 Å². The Hall–Kier alpha value is -3.11. The Labute approximate surface area is 239 Å². The van der Waals surface area contributed by atoms with E-state index in [1.54, 1.807) is 13.8 Å². The summed E-state index contributed by atoms with van der Waals surface area (Å²) in [6.45, 7) is 10.4. The highest BCUT2D eigenvalue weighted by molar-refractivity contribution is 7.09. The van der Waals surface area contributed by atoms with Gasteiger partial charge in [0.25, 0.3) is 0 Å². The van der Waals surface area contributed by atoms with E-state index in [2.05, 4.69) is 11.6 Å². The number of hydrogen-bond donors (Lipinski definition) is 2. The molecular formula is C30H39NO8S. The Morgan fingerprint density at radius 1 is 1.32 bits per heavy atom. The summed E-state index contributed by atoms with van der Waals surface area (Å²) in [5, 5.41) is 24.0. The van der Waals surface area contributed by atoms with Gasteiger partial charge < -0.3 is 19.7 Å². The molecule has 0 radical (unpaired) electrons. The van der Waals surface area contributed by atoms with Gasteiger partial charge in [0.1, 0.15) is 18.5 Å². The lowest BCUT2D eigenvalue weighted by Crippen LogP contribution is -2.57. The van der Waals surface area contributed by atoms with E-state index in [1.165, 1.54) is 11.3 Å². The molecule has 1 aliphatic carbocycles. The number of ketones is 1. The van der Waals surface area contributed by atoms with E-state index in [-0.39, 0.29) is 25.2 Å². The van der Waals surface area contributed by atoms with E-state index >= 15 is 0 Å². The number of rotatable bonds is 6. The molecule has 1 aromatic rings. The van der Waals surface area contributed by atoms with Gasteiger partial charge in [-0.05, 0) is 62.7 Å². The average molecular weight is 574 g/mol. The van der Waals surface area contributed by atoms with Crippen molar-refractivity contribution in [3.8, 4) is 0 Å². The number of aliphatic hydroxyl groups is 1. The molecular weight excluding hydrogens is 534 g/mol. The van der Waals surface area contributed by atoms with Crippen molar-refractivity contribution in [3.05, 3.63) is 46.0 Å². The Kier molecular flexibility index (Phi) is 10.6. The molecule has 1 fully saturated rings. The summed E-state index contributed by atoms with van der Waals surface area (Å²) in [5.74, 6) is -5.24. The van der Waals surface area contributed by atoms with Gasteiger partial charge in [0.2, 0.25) is 0 Å². The van der Waals surface area contributed by atoms with E-state index < -0.39 is 53.3 Å². The van der Waals surface area contributed by atoms with Crippen molar-refractivity contribution in [1.29, 1.82) is 0 Å². The second kappa shape index (κ2) is 13.5. The maximum atomic E-state index is 13.4. The number of ether oxygens (including phenoxy) is 2. The molecule has 9 nitrogen and oxygen atoms in total. The zero-order valence-corrected chi connectivity index (χ0v) is 24.4. The molecule has 10 heteroatoms. The average Bonchev–Trinajstić information content (AvgIpc) is 3.32.